The standard InChI is InChI=1S/C14H13F3N4O2/c15-14(16,17)12-20-7-11(8-21-12)23-10-3-1-9(2-4-10)5-6-22-13(18)19/h1-4,7-8H,5-6H2,(H3,18,19). The summed E-state index contributed by atoms with van der Waals surface area (Å²) in [6, 6.07) is 6.50. The van der Waals surface area contributed by atoms with Gasteiger partial charge in [-0.05, 0) is 17.7 Å². The van der Waals surface area contributed by atoms with E-state index in [1.807, 2.05) is 0 Å². The van der Waals surface area contributed by atoms with Crippen LogP contribution in [0.5, 0.6) is 11.5 Å². The van der Waals surface area contributed by atoms with Crippen LogP contribution in [0.25, 0.3) is 0 Å². The number of halogens is 3. The fourth-order valence-corrected chi connectivity index (χ4v) is 1.65. The molecule has 0 fully saturated rings. The Morgan fingerprint density at radius 1 is 1.09 bits per heavy atom. The molecule has 0 unspecified atom stereocenters. The summed E-state index contributed by atoms with van der Waals surface area (Å²) in [5.74, 6) is -0.680. The second-order valence-corrected chi connectivity index (χ2v) is 4.45. The predicted octanol–water partition coefficient (Wildman–Crippen LogP) is 2.74. The van der Waals surface area contributed by atoms with Crippen LogP contribution in [0.3, 0.4) is 0 Å². The third-order valence-corrected chi connectivity index (χ3v) is 2.69. The molecule has 0 bridgehead atoms. The van der Waals surface area contributed by atoms with E-state index >= 15 is 0 Å². The molecule has 1 heterocycles. The molecule has 1 aromatic heterocycles. The van der Waals surface area contributed by atoms with Crippen molar-refractivity contribution in [3.63, 3.8) is 0 Å². The van der Waals surface area contributed by atoms with Gasteiger partial charge in [0.2, 0.25) is 5.82 Å². The zero-order valence-electron chi connectivity index (χ0n) is 11.8. The van der Waals surface area contributed by atoms with Gasteiger partial charge >= 0.3 is 6.18 Å². The number of nitrogens with one attached hydrogen (secondary N) is 1. The zero-order valence-corrected chi connectivity index (χ0v) is 11.8. The third kappa shape index (κ3) is 5.13. The van der Waals surface area contributed by atoms with Gasteiger partial charge < -0.3 is 15.2 Å². The van der Waals surface area contributed by atoms with Gasteiger partial charge in [0.25, 0.3) is 6.02 Å². The number of benzene rings is 1. The average molecular weight is 326 g/mol. The topological polar surface area (TPSA) is 94.1 Å². The van der Waals surface area contributed by atoms with Crippen molar-refractivity contribution in [1.82, 2.24) is 9.97 Å². The molecule has 0 saturated carbocycles. The van der Waals surface area contributed by atoms with E-state index in [0.717, 1.165) is 18.0 Å². The molecule has 0 amide bonds. The summed E-state index contributed by atoms with van der Waals surface area (Å²) in [4.78, 5) is 6.42. The van der Waals surface area contributed by atoms with Gasteiger partial charge in [-0.15, -0.1) is 0 Å². The van der Waals surface area contributed by atoms with Gasteiger partial charge in [-0.3, -0.25) is 5.41 Å². The molecule has 122 valence electrons. The first-order chi connectivity index (χ1) is 10.8. The lowest BCUT2D eigenvalue weighted by molar-refractivity contribution is -0.145. The number of hydrogen-bond acceptors (Lipinski definition) is 5. The maximum atomic E-state index is 12.3. The molecule has 2 aromatic rings. The van der Waals surface area contributed by atoms with Gasteiger partial charge in [0.05, 0.1) is 19.0 Å². The Hall–Kier alpha value is -2.84. The number of amidine groups is 1. The average Bonchev–Trinajstić information content (AvgIpc) is 2.48. The summed E-state index contributed by atoms with van der Waals surface area (Å²) in [6.45, 7) is 0.280. The maximum absolute atomic E-state index is 12.3. The van der Waals surface area contributed by atoms with Crippen LogP contribution in [0.2, 0.25) is 0 Å². The van der Waals surface area contributed by atoms with Crippen LogP contribution in [0.1, 0.15) is 11.4 Å². The number of alkyl halides is 3. The van der Waals surface area contributed by atoms with E-state index in [9.17, 15) is 13.2 Å². The first kappa shape index (κ1) is 16.5. The molecule has 0 aliphatic heterocycles. The lowest BCUT2D eigenvalue weighted by atomic mass is 10.1. The SMILES string of the molecule is N=C(N)OCCc1ccc(Oc2cnc(C(F)(F)F)nc2)cc1. The maximum Gasteiger partial charge on any atom is 0.451 e. The van der Waals surface area contributed by atoms with Crippen molar-refractivity contribution in [2.45, 2.75) is 12.6 Å². The summed E-state index contributed by atoms with van der Waals surface area (Å²) >= 11 is 0. The predicted molar refractivity (Wildman–Crippen MR) is 75.1 cm³/mol. The van der Waals surface area contributed by atoms with Gasteiger partial charge in [0, 0.05) is 6.42 Å². The van der Waals surface area contributed by atoms with Crippen molar-refractivity contribution in [2.75, 3.05) is 6.61 Å². The van der Waals surface area contributed by atoms with Crippen molar-refractivity contribution < 1.29 is 22.6 Å². The number of ether oxygens (including phenoxy) is 2. The van der Waals surface area contributed by atoms with Gasteiger partial charge in [-0.25, -0.2) is 9.97 Å². The van der Waals surface area contributed by atoms with Crippen molar-refractivity contribution in [2.24, 2.45) is 5.73 Å². The molecule has 0 aliphatic carbocycles. The molecule has 0 radical (unpaired) electrons. The highest BCUT2D eigenvalue weighted by Gasteiger charge is 2.34. The van der Waals surface area contributed by atoms with Crippen molar-refractivity contribution >= 4 is 6.02 Å². The monoisotopic (exact) mass is 326 g/mol. The molecule has 3 N–H and O–H groups in total. The first-order valence-corrected chi connectivity index (χ1v) is 6.47. The fourth-order valence-electron chi connectivity index (χ4n) is 1.65. The van der Waals surface area contributed by atoms with Crippen LogP contribution >= 0.6 is 0 Å². The lowest BCUT2D eigenvalue weighted by Gasteiger charge is -2.08. The summed E-state index contributed by atoms with van der Waals surface area (Å²) < 4.78 is 47.2. The second kappa shape index (κ2) is 6.95. The van der Waals surface area contributed by atoms with Crippen molar-refractivity contribution in [3.05, 3.63) is 48.0 Å². The summed E-state index contributed by atoms with van der Waals surface area (Å²) in [6.07, 6.45) is -2.10. The molecule has 0 saturated heterocycles. The number of nitrogens with zero attached hydrogens (tertiary/aromatic N) is 2. The zero-order chi connectivity index (χ0) is 16.9. The van der Waals surface area contributed by atoms with E-state index in [0.29, 0.717) is 12.2 Å². The number of nitrogens with two attached hydrogens (primary N) is 1. The minimum absolute atomic E-state index is 0.102. The summed E-state index contributed by atoms with van der Waals surface area (Å²) in [7, 11) is 0. The Bertz CT molecular complexity index is 657. The van der Waals surface area contributed by atoms with E-state index < -0.39 is 12.0 Å². The highest BCUT2D eigenvalue weighted by Crippen LogP contribution is 2.27. The fraction of sp³-hybridized carbons (Fsp3) is 0.214. The normalized spacial score (nSPS) is 11.1. The lowest BCUT2D eigenvalue weighted by Crippen LogP contribution is -2.15. The van der Waals surface area contributed by atoms with Crippen LogP contribution in [0, 0.1) is 5.41 Å². The van der Waals surface area contributed by atoms with Crippen LogP contribution in [-0.4, -0.2) is 22.6 Å². The quantitative estimate of drug-likeness (QED) is 0.651. The van der Waals surface area contributed by atoms with Gasteiger partial charge in [0.1, 0.15) is 5.75 Å². The Kier molecular flexibility index (Phi) is 4.99. The molecule has 2 rings (SSSR count). The number of hydrogen-bond donors (Lipinski definition) is 2. The van der Waals surface area contributed by atoms with E-state index in [1.165, 1.54) is 0 Å². The van der Waals surface area contributed by atoms with E-state index in [2.05, 4.69) is 9.97 Å². The van der Waals surface area contributed by atoms with Gasteiger partial charge in [0.15, 0.2) is 5.75 Å². The smallest absolute Gasteiger partial charge is 0.451 e. The molecule has 23 heavy (non-hydrogen) atoms. The molecule has 0 aliphatic rings. The highest BCUT2D eigenvalue weighted by molar-refractivity contribution is 5.67. The molecule has 0 spiro atoms. The van der Waals surface area contributed by atoms with Crippen LogP contribution < -0.4 is 10.5 Å². The minimum atomic E-state index is -4.58. The Morgan fingerprint density at radius 2 is 1.70 bits per heavy atom. The van der Waals surface area contributed by atoms with Gasteiger partial charge in [-0.1, -0.05) is 12.1 Å². The number of rotatable bonds is 5. The molecule has 9 heteroatoms. The Labute approximate surface area is 129 Å². The molecule has 6 nitrogen and oxygen atoms in total. The second-order valence-electron chi connectivity index (χ2n) is 4.45. The Morgan fingerprint density at radius 3 is 2.22 bits per heavy atom. The molecular weight excluding hydrogens is 313 g/mol. The van der Waals surface area contributed by atoms with E-state index in [-0.39, 0.29) is 18.4 Å². The van der Waals surface area contributed by atoms with Gasteiger partial charge in [-0.2, -0.15) is 13.2 Å². The van der Waals surface area contributed by atoms with Crippen LogP contribution in [-0.2, 0) is 17.3 Å². The molecule has 1 aromatic carbocycles. The highest BCUT2D eigenvalue weighted by atomic mass is 19.4. The van der Waals surface area contributed by atoms with Crippen LogP contribution in [0.15, 0.2) is 36.7 Å². The van der Waals surface area contributed by atoms with Crippen LogP contribution in [0.4, 0.5) is 13.2 Å². The van der Waals surface area contributed by atoms with Crippen molar-refractivity contribution in [1.29, 1.82) is 5.41 Å². The van der Waals surface area contributed by atoms with E-state index in [1.54, 1.807) is 24.3 Å². The first-order valence-electron chi connectivity index (χ1n) is 6.47. The van der Waals surface area contributed by atoms with Crippen molar-refractivity contribution in [3.8, 4) is 11.5 Å². The molecular formula is C14H13F3N4O2. The molecule has 0 atom stereocenters. The number of aromatic nitrogens is 2. The van der Waals surface area contributed by atoms with E-state index in [4.69, 9.17) is 20.6 Å². The summed E-state index contributed by atoms with van der Waals surface area (Å²) in [5, 5.41) is 6.93. The summed E-state index contributed by atoms with van der Waals surface area (Å²) in [5.41, 5.74) is 6.00. The largest absolute Gasteiger partial charge is 0.465 e. The Balaban J connectivity index is 1.94. The minimum Gasteiger partial charge on any atom is -0.465 e. The third-order valence-electron chi connectivity index (χ3n) is 2.69.